The van der Waals surface area contributed by atoms with E-state index in [1.165, 1.54) is 0 Å². The van der Waals surface area contributed by atoms with Gasteiger partial charge in [-0.2, -0.15) is 0 Å². The van der Waals surface area contributed by atoms with E-state index in [9.17, 15) is 5.11 Å². The molecule has 1 aliphatic rings. The molecular formula is C16H21N3OS. The maximum absolute atomic E-state index is 10.7. The number of benzene rings is 1. The molecule has 112 valence electrons. The number of hydrogen-bond acceptors (Lipinski definition) is 5. The Morgan fingerprint density at radius 2 is 1.90 bits per heavy atom. The summed E-state index contributed by atoms with van der Waals surface area (Å²) in [6, 6.07) is 9.92. The molecule has 0 aliphatic carbocycles. The first-order valence-corrected chi connectivity index (χ1v) is 8.18. The highest BCUT2D eigenvalue weighted by atomic mass is 32.1. The van der Waals surface area contributed by atoms with Gasteiger partial charge in [-0.15, -0.1) is 11.3 Å². The zero-order valence-electron chi connectivity index (χ0n) is 12.3. The summed E-state index contributed by atoms with van der Waals surface area (Å²) in [6.07, 6.45) is 1.85. The van der Waals surface area contributed by atoms with Crippen molar-refractivity contribution in [3.05, 3.63) is 47.5 Å². The highest BCUT2D eigenvalue weighted by molar-refractivity contribution is 7.13. The molecule has 3 rings (SSSR count). The summed E-state index contributed by atoms with van der Waals surface area (Å²) in [6.45, 7) is 6.43. The molecule has 1 aromatic carbocycles. The van der Waals surface area contributed by atoms with Crippen molar-refractivity contribution in [1.29, 1.82) is 0 Å². The Bertz CT molecular complexity index is 548. The van der Waals surface area contributed by atoms with Gasteiger partial charge in [0.15, 0.2) is 5.13 Å². The number of β-amino-alcohol motifs (C(OH)–C–C–N with tert-alkyl or cyclic N) is 1. The molecule has 1 fully saturated rings. The second kappa shape index (κ2) is 6.13. The quantitative estimate of drug-likeness (QED) is 0.940. The van der Waals surface area contributed by atoms with Gasteiger partial charge in [-0.25, -0.2) is 4.98 Å². The first-order valence-electron chi connectivity index (χ1n) is 7.30. The van der Waals surface area contributed by atoms with Crippen molar-refractivity contribution in [2.75, 3.05) is 37.6 Å². The normalized spacial score (nSPS) is 19.4. The average molecular weight is 303 g/mol. The summed E-state index contributed by atoms with van der Waals surface area (Å²) in [4.78, 5) is 9.01. The molecule has 1 N–H and O–H groups in total. The molecular weight excluding hydrogens is 282 g/mol. The monoisotopic (exact) mass is 303 g/mol. The zero-order valence-corrected chi connectivity index (χ0v) is 13.1. The molecule has 1 aromatic heterocycles. The fraction of sp³-hybridized carbons (Fsp3) is 0.438. The van der Waals surface area contributed by atoms with Crippen LogP contribution in [0, 0.1) is 0 Å². The highest BCUT2D eigenvalue weighted by Gasteiger charge is 2.28. The number of nitrogens with zero attached hydrogens (tertiary/aromatic N) is 3. The molecule has 0 spiro atoms. The van der Waals surface area contributed by atoms with Crippen molar-refractivity contribution in [2.24, 2.45) is 0 Å². The van der Waals surface area contributed by atoms with Crippen LogP contribution >= 0.6 is 11.3 Å². The van der Waals surface area contributed by atoms with E-state index in [-0.39, 0.29) is 0 Å². The van der Waals surface area contributed by atoms with Gasteiger partial charge in [0.25, 0.3) is 0 Å². The molecule has 0 saturated carbocycles. The topological polar surface area (TPSA) is 39.6 Å². The van der Waals surface area contributed by atoms with Crippen LogP contribution in [0.5, 0.6) is 0 Å². The minimum Gasteiger partial charge on any atom is -0.384 e. The van der Waals surface area contributed by atoms with Gasteiger partial charge in [0, 0.05) is 44.3 Å². The number of anilines is 1. The number of aliphatic hydroxyl groups is 1. The van der Waals surface area contributed by atoms with E-state index in [0.717, 1.165) is 36.9 Å². The Morgan fingerprint density at radius 3 is 2.52 bits per heavy atom. The first kappa shape index (κ1) is 14.5. The third kappa shape index (κ3) is 3.43. The number of rotatable bonds is 4. The van der Waals surface area contributed by atoms with Crippen LogP contribution in [0.25, 0.3) is 0 Å². The lowest BCUT2D eigenvalue weighted by Gasteiger charge is -2.38. The number of piperazine rings is 1. The lowest BCUT2D eigenvalue weighted by atomic mass is 9.95. The molecule has 0 bridgehead atoms. The van der Waals surface area contributed by atoms with Gasteiger partial charge in [0.2, 0.25) is 0 Å². The summed E-state index contributed by atoms with van der Waals surface area (Å²) in [5.74, 6) is 0. The number of aromatic nitrogens is 1. The Hall–Kier alpha value is -1.43. The van der Waals surface area contributed by atoms with Crippen LogP contribution in [0.15, 0.2) is 41.9 Å². The van der Waals surface area contributed by atoms with Crippen LogP contribution in [0.2, 0.25) is 0 Å². The number of thiazole rings is 1. The summed E-state index contributed by atoms with van der Waals surface area (Å²) in [5.41, 5.74) is 0.178. The summed E-state index contributed by atoms with van der Waals surface area (Å²) in [5, 5.41) is 13.8. The summed E-state index contributed by atoms with van der Waals surface area (Å²) in [7, 11) is 0. The Balaban J connectivity index is 1.58. The van der Waals surface area contributed by atoms with E-state index in [1.807, 2.05) is 48.8 Å². The van der Waals surface area contributed by atoms with E-state index in [1.54, 1.807) is 11.3 Å². The zero-order chi connectivity index (χ0) is 14.7. The van der Waals surface area contributed by atoms with Crippen molar-refractivity contribution in [3.63, 3.8) is 0 Å². The van der Waals surface area contributed by atoms with Crippen LogP contribution in [0.3, 0.4) is 0 Å². The van der Waals surface area contributed by atoms with Crippen LogP contribution in [-0.2, 0) is 5.60 Å². The van der Waals surface area contributed by atoms with E-state index < -0.39 is 5.60 Å². The van der Waals surface area contributed by atoms with Crippen molar-refractivity contribution in [1.82, 2.24) is 9.88 Å². The molecule has 0 amide bonds. The highest BCUT2D eigenvalue weighted by Crippen LogP contribution is 2.24. The molecule has 21 heavy (non-hydrogen) atoms. The predicted octanol–water partition coefficient (Wildman–Crippen LogP) is 2.17. The molecule has 5 heteroatoms. The maximum Gasteiger partial charge on any atom is 0.185 e. The molecule has 1 saturated heterocycles. The van der Waals surface area contributed by atoms with Crippen molar-refractivity contribution in [3.8, 4) is 0 Å². The number of hydrogen-bond donors (Lipinski definition) is 1. The van der Waals surface area contributed by atoms with Crippen molar-refractivity contribution < 1.29 is 5.11 Å². The largest absolute Gasteiger partial charge is 0.384 e. The molecule has 4 nitrogen and oxygen atoms in total. The standard InChI is InChI=1S/C16H21N3OS/c1-16(20,14-5-3-2-4-6-14)13-18-8-10-19(11-9-18)15-17-7-12-21-15/h2-7,12,20H,8-11,13H2,1H3. The third-order valence-corrected chi connectivity index (χ3v) is 4.82. The van der Waals surface area contributed by atoms with Gasteiger partial charge in [-0.3, -0.25) is 4.90 Å². The van der Waals surface area contributed by atoms with Crippen molar-refractivity contribution >= 4 is 16.5 Å². The fourth-order valence-corrected chi connectivity index (χ4v) is 3.49. The predicted molar refractivity (Wildman–Crippen MR) is 86.8 cm³/mol. The van der Waals surface area contributed by atoms with E-state index in [2.05, 4.69) is 14.8 Å². The maximum atomic E-state index is 10.7. The van der Waals surface area contributed by atoms with Gasteiger partial charge in [0.05, 0.1) is 5.60 Å². The van der Waals surface area contributed by atoms with Gasteiger partial charge < -0.3 is 10.0 Å². The van der Waals surface area contributed by atoms with Crippen LogP contribution < -0.4 is 4.90 Å². The van der Waals surface area contributed by atoms with E-state index in [4.69, 9.17) is 0 Å². The molecule has 2 aromatic rings. The van der Waals surface area contributed by atoms with Gasteiger partial charge in [-0.1, -0.05) is 30.3 Å². The summed E-state index contributed by atoms with van der Waals surface area (Å²) < 4.78 is 0. The second-order valence-corrected chi connectivity index (χ2v) is 6.59. The SMILES string of the molecule is CC(O)(CN1CCN(c2nccs2)CC1)c1ccccc1. The minimum atomic E-state index is -0.801. The smallest absolute Gasteiger partial charge is 0.185 e. The molecule has 1 aliphatic heterocycles. The van der Waals surface area contributed by atoms with Crippen molar-refractivity contribution in [2.45, 2.75) is 12.5 Å². The Morgan fingerprint density at radius 1 is 1.19 bits per heavy atom. The fourth-order valence-electron chi connectivity index (χ4n) is 2.79. The lowest BCUT2D eigenvalue weighted by molar-refractivity contribution is 0.0143. The molecule has 1 atom stereocenters. The van der Waals surface area contributed by atoms with Crippen LogP contribution in [0.1, 0.15) is 12.5 Å². The Kier molecular flexibility index (Phi) is 4.24. The minimum absolute atomic E-state index is 0.669. The van der Waals surface area contributed by atoms with Gasteiger partial charge >= 0.3 is 0 Å². The molecule has 0 radical (unpaired) electrons. The third-order valence-electron chi connectivity index (χ3n) is 3.99. The first-order chi connectivity index (χ1) is 10.1. The lowest BCUT2D eigenvalue weighted by Crippen LogP contribution is -2.50. The van der Waals surface area contributed by atoms with Crippen LogP contribution in [-0.4, -0.2) is 47.7 Å². The second-order valence-electron chi connectivity index (χ2n) is 5.72. The summed E-state index contributed by atoms with van der Waals surface area (Å²) >= 11 is 1.69. The molecule has 2 heterocycles. The molecule has 1 unspecified atom stereocenters. The van der Waals surface area contributed by atoms with Crippen LogP contribution in [0.4, 0.5) is 5.13 Å². The van der Waals surface area contributed by atoms with Gasteiger partial charge in [0.1, 0.15) is 0 Å². The Labute approximate surface area is 129 Å². The van der Waals surface area contributed by atoms with Gasteiger partial charge in [-0.05, 0) is 12.5 Å². The van der Waals surface area contributed by atoms with E-state index >= 15 is 0 Å². The van der Waals surface area contributed by atoms with E-state index in [0.29, 0.717) is 6.54 Å². The average Bonchev–Trinajstić information content (AvgIpc) is 3.03.